The lowest BCUT2D eigenvalue weighted by molar-refractivity contribution is -0.134. The highest BCUT2D eigenvalue weighted by molar-refractivity contribution is 5.82. The zero-order valence-corrected chi connectivity index (χ0v) is 15.3. The Kier molecular flexibility index (Phi) is 4.37. The van der Waals surface area contributed by atoms with Gasteiger partial charge in [0.25, 0.3) is 0 Å². The van der Waals surface area contributed by atoms with Crippen molar-refractivity contribution < 1.29 is 13.6 Å². The summed E-state index contributed by atoms with van der Waals surface area (Å²) in [5.74, 6) is 0.641. The first-order valence-electron chi connectivity index (χ1n) is 9.64. The van der Waals surface area contributed by atoms with E-state index in [1.165, 1.54) is 12.1 Å². The Morgan fingerprint density at radius 2 is 2.21 bits per heavy atom. The van der Waals surface area contributed by atoms with Gasteiger partial charge in [0.2, 0.25) is 5.91 Å². The third-order valence-corrected chi connectivity index (χ3v) is 5.73. The predicted octanol–water partition coefficient (Wildman–Crippen LogP) is 2.54. The average Bonchev–Trinajstić information content (AvgIpc) is 3.46. The van der Waals surface area contributed by atoms with E-state index in [2.05, 4.69) is 20.4 Å². The molecule has 3 unspecified atom stereocenters. The van der Waals surface area contributed by atoms with E-state index in [0.717, 1.165) is 30.7 Å². The molecule has 7 nitrogen and oxygen atoms in total. The number of rotatable bonds is 3. The maximum Gasteiger partial charge on any atom is 0.241 e. The number of halogens is 1. The Morgan fingerprint density at radius 1 is 1.29 bits per heavy atom. The van der Waals surface area contributed by atoms with Crippen LogP contribution in [0.1, 0.15) is 37.1 Å². The number of carbonyl (C=O) groups is 1. The number of hydrogen-bond donors (Lipinski definition) is 2. The van der Waals surface area contributed by atoms with Crippen LogP contribution in [0.25, 0.3) is 11.0 Å². The lowest BCUT2D eigenvalue weighted by Crippen LogP contribution is -2.49. The van der Waals surface area contributed by atoms with Crippen molar-refractivity contribution >= 4 is 16.9 Å². The Morgan fingerprint density at radius 3 is 3.07 bits per heavy atom. The molecule has 28 heavy (non-hydrogen) atoms. The Labute approximate surface area is 161 Å². The van der Waals surface area contributed by atoms with Gasteiger partial charge in [0.15, 0.2) is 0 Å². The van der Waals surface area contributed by atoms with Crippen LogP contribution in [0.15, 0.2) is 47.3 Å². The van der Waals surface area contributed by atoms with Crippen LogP contribution < -0.4 is 10.9 Å². The third-order valence-electron chi connectivity index (χ3n) is 5.73. The number of hydrogen-bond acceptors (Lipinski definition) is 5. The molecule has 2 fully saturated rings. The van der Waals surface area contributed by atoms with Crippen molar-refractivity contribution in [2.75, 3.05) is 13.1 Å². The summed E-state index contributed by atoms with van der Waals surface area (Å²) in [6.45, 7) is 1.38. The van der Waals surface area contributed by atoms with Crippen molar-refractivity contribution in [1.29, 1.82) is 0 Å². The molecule has 2 aliphatic heterocycles. The van der Waals surface area contributed by atoms with E-state index in [0.29, 0.717) is 18.5 Å². The van der Waals surface area contributed by atoms with E-state index in [9.17, 15) is 9.18 Å². The summed E-state index contributed by atoms with van der Waals surface area (Å²) >= 11 is 0. The quantitative estimate of drug-likeness (QED) is 0.727. The summed E-state index contributed by atoms with van der Waals surface area (Å²) in [6, 6.07) is 8.28. The van der Waals surface area contributed by atoms with Gasteiger partial charge < -0.3 is 13.9 Å². The van der Waals surface area contributed by atoms with Crippen molar-refractivity contribution in [3.05, 3.63) is 54.5 Å². The molecule has 2 aliphatic rings. The van der Waals surface area contributed by atoms with Gasteiger partial charge in [0.1, 0.15) is 17.6 Å². The number of nitrogens with one attached hydrogen (secondary N) is 2. The molecule has 3 aromatic rings. The van der Waals surface area contributed by atoms with E-state index >= 15 is 0 Å². The monoisotopic (exact) mass is 383 g/mol. The Bertz CT molecular complexity index is 986. The highest BCUT2D eigenvalue weighted by atomic mass is 19.1. The second-order valence-corrected chi connectivity index (χ2v) is 7.51. The molecule has 0 spiro atoms. The summed E-state index contributed by atoms with van der Waals surface area (Å²) in [4.78, 5) is 19.3. The molecule has 146 valence electrons. The number of nitrogens with zero attached hydrogens (tertiary/aromatic N) is 3. The van der Waals surface area contributed by atoms with Crippen LogP contribution >= 0.6 is 0 Å². The fraction of sp³-hybridized carbons (Fsp3) is 0.400. The number of hydrazine groups is 1. The zero-order chi connectivity index (χ0) is 19.1. The standard InChI is InChI=1S/C20H22FN5O2/c21-13-5-6-18-15(9-13)22-12-26(18)14-3-1-7-25(11-14)20(27)17-10-16(23-24-17)19-4-2-8-28-19/h2,4-6,8-9,12,14,16-17,23-24H,1,3,7,10-11H2. The molecule has 3 atom stereocenters. The summed E-state index contributed by atoms with van der Waals surface area (Å²) in [5, 5.41) is 0. The topological polar surface area (TPSA) is 75.3 Å². The molecule has 0 radical (unpaired) electrons. The fourth-order valence-corrected chi connectivity index (χ4v) is 4.29. The zero-order valence-electron chi connectivity index (χ0n) is 15.3. The van der Waals surface area contributed by atoms with Gasteiger partial charge in [-0.2, -0.15) is 0 Å². The smallest absolute Gasteiger partial charge is 0.241 e. The molecule has 0 saturated carbocycles. The normalized spacial score (nSPS) is 25.5. The van der Waals surface area contributed by atoms with Gasteiger partial charge >= 0.3 is 0 Å². The molecule has 2 N–H and O–H groups in total. The van der Waals surface area contributed by atoms with Gasteiger partial charge in [0, 0.05) is 19.2 Å². The van der Waals surface area contributed by atoms with E-state index in [4.69, 9.17) is 4.42 Å². The number of imidazole rings is 1. The molecule has 4 heterocycles. The van der Waals surface area contributed by atoms with Crippen molar-refractivity contribution in [2.45, 2.75) is 37.4 Å². The minimum Gasteiger partial charge on any atom is -0.468 e. The van der Waals surface area contributed by atoms with Gasteiger partial charge in [-0.15, -0.1) is 0 Å². The van der Waals surface area contributed by atoms with Gasteiger partial charge in [-0.3, -0.25) is 4.79 Å². The number of fused-ring (bicyclic) bond motifs is 1. The second-order valence-electron chi connectivity index (χ2n) is 7.51. The molecule has 5 rings (SSSR count). The molecule has 0 bridgehead atoms. The molecule has 1 amide bonds. The van der Waals surface area contributed by atoms with Crippen molar-refractivity contribution in [1.82, 2.24) is 25.3 Å². The largest absolute Gasteiger partial charge is 0.468 e. The Balaban J connectivity index is 1.29. The molecule has 0 aliphatic carbocycles. The van der Waals surface area contributed by atoms with Gasteiger partial charge in [-0.05, 0) is 43.5 Å². The summed E-state index contributed by atoms with van der Waals surface area (Å²) < 4.78 is 21.0. The maximum atomic E-state index is 13.4. The van der Waals surface area contributed by atoms with E-state index in [1.54, 1.807) is 18.7 Å². The predicted molar refractivity (Wildman–Crippen MR) is 101 cm³/mol. The molecular weight excluding hydrogens is 361 g/mol. The molecule has 1 aromatic carbocycles. The molecular formula is C20H22FN5O2. The number of furan rings is 1. The third kappa shape index (κ3) is 3.08. The highest BCUT2D eigenvalue weighted by Gasteiger charge is 2.36. The van der Waals surface area contributed by atoms with Crippen molar-refractivity contribution in [3.8, 4) is 0 Å². The number of likely N-dealkylation sites (tertiary alicyclic amines) is 1. The summed E-state index contributed by atoms with van der Waals surface area (Å²) in [7, 11) is 0. The number of piperidine rings is 1. The van der Waals surface area contributed by atoms with Gasteiger partial charge in [-0.1, -0.05) is 0 Å². The summed E-state index contributed by atoms with van der Waals surface area (Å²) in [6.07, 6.45) is 5.95. The van der Waals surface area contributed by atoms with E-state index < -0.39 is 0 Å². The lowest BCUT2D eigenvalue weighted by atomic mass is 10.0. The molecule has 2 aromatic heterocycles. The number of carbonyl (C=O) groups excluding carboxylic acids is 1. The van der Waals surface area contributed by atoms with E-state index in [1.807, 2.05) is 17.0 Å². The fourth-order valence-electron chi connectivity index (χ4n) is 4.29. The van der Waals surface area contributed by atoms with Crippen LogP contribution in [0.2, 0.25) is 0 Å². The second kappa shape index (κ2) is 7.03. The van der Waals surface area contributed by atoms with Crippen LogP contribution in [0.5, 0.6) is 0 Å². The number of benzene rings is 1. The van der Waals surface area contributed by atoms with Crippen molar-refractivity contribution in [2.24, 2.45) is 0 Å². The Hall–Kier alpha value is -2.71. The van der Waals surface area contributed by atoms with E-state index in [-0.39, 0.29) is 29.8 Å². The number of aromatic nitrogens is 2. The molecule has 8 heteroatoms. The number of amides is 1. The van der Waals surface area contributed by atoms with Crippen LogP contribution in [0.4, 0.5) is 4.39 Å². The minimum atomic E-state index is -0.288. The van der Waals surface area contributed by atoms with Gasteiger partial charge in [-0.25, -0.2) is 20.2 Å². The summed E-state index contributed by atoms with van der Waals surface area (Å²) in [5.41, 5.74) is 7.82. The minimum absolute atomic E-state index is 0.00275. The molecule has 2 saturated heterocycles. The maximum absolute atomic E-state index is 13.4. The van der Waals surface area contributed by atoms with Crippen LogP contribution in [0.3, 0.4) is 0 Å². The van der Waals surface area contributed by atoms with Gasteiger partial charge in [0.05, 0.1) is 35.7 Å². The first kappa shape index (κ1) is 17.4. The lowest BCUT2D eigenvalue weighted by Gasteiger charge is -2.35. The van der Waals surface area contributed by atoms with Crippen LogP contribution in [-0.4, -0.2) is 39.5 Å². The highest BCUT2D eigenvalue weighted by Crippen LogP contribution is 2.28. The van der Waals surface area contributed by atoms with Crippen LogP contribution in [-0.2, 0) is 4.79 Å². The van der Waals surface area contributed by atoms with Crippen molar-refractivity contribution in [3.63, 3.8) is 0 Å². The average molecular weight is 383 g/mol. The first-order chi connectivity index (χ1) is 13.7. The first-order valence-corrected chi connectivity index (χ1v) is 9.64. The van der Waals surface area contributed by atoms with Crippen LogP contribution in [0, 0.1) is 5.82 Å². The SMILES string of the molecule is O=C(C1CC(c2ccco2)NN1)N1CCCC(n2cnc3cc(F)ccc32)C1.